The SMILES string of the molecule is CC(=O)NCCNC(=O)COc1ccc2ccc(=O)oc2c1. The molecule has 7 nitrogen and oxygen atoms in total. The Balaban J connectivity index is 1.84. The Bertz CT molecular complexity index is 738. The van der Waals surface area contributed by atoms with Crippen LogP contribution in [0.2, 0.25) is 0 Å². The molecule has 0 spiro atoms. The van der Waals surface area contributed by atoms with Crippen LogP contribution in [0.1, 0.15) is 6.92 Å². The first kappa shape index (κ1) is 15.6. The summed E-state index contributed by atoms with van der Waals surface area (Å²) in [6.07, 6.45) is 0. The van der Waals surface area contributed by atoms with Gasteiger partial charge in [0.05, 0.1) is 0 Å². The van der Waals surface area contributed by atoms with E-state index in [9.17, 15) is 14.4 Å². The first-order chi connectivity index (χ1) is 10.5. The van der Waals surface area contributed by atoms with E-state index in [2.05, 4.69) is 10.6 Å². The number of carbonyl (C=O) groups is 2. The average Bonchev–Trinajstić information content (AvgIpc) is 2.49. The van der Waals surface area contributed by atoms with E-state index < -0.39 is 5.63 Å². The maximum atomic E-state index is 11.6. The van der Waals surface area contributed by atoms with Crippen molar-refractivity contribution in [2.45, 2.75) is 6.92 Å². The van der Waals surface area contributed by atoms with E-state index in [1.165, 1.54) is 13.0 Å². The molecule has 2 rings (SSSR count). The highest BCUT2D eigenvalue weighted by Crippen LogP contribution is 2.19. The Morgan fingerprint density at radius 3 is 2.64 bits per heavy atom. The van der Waals surface area contributed by atoms with Gasteiger partial charge >= 0.3 is 5.63 Å². The summed E-state index contributed by atoms with van der Waals surface area (Å²) in [6.45, 7) is 1.93. The van der Waals surface area contributed by atoms with Crippen molar-refractivity contribution < 1.29 is 18.7 Å². The molecule has 0 aliphatic carbocycles. The van der Waals surface area contributed by atoms with Crippen LogP contribution in [0.5, 0.6) is 5.75 Å². The van der Waals surface area contributed by atoms with E-state index in [0.717, 1.165) is 5.39 Å². The van der Waals surface area contributed by atoms with E-state index in [1.54, 1.807) is 24.3 Å². The van der Waals surface area contributed by atoms with Gasteiger partial charge in [-0.15, -0.1) is 0 Å². The van der Waals surface area contributed by atoms with Gasteiger partial charge in [-0.2, -0.15) is 0 Å². The second kappa shape index (κ2) is 7.26. The molecule has 1 aromatic carbocycles. The maximum Gasteiger partial charge on any atom is 0.336 e. The molecule has 0 saturated heterocycles. The molecule has 0 fully saturated rings. The van der Waals surface area contributed by atoms with Gasteiger partial charge in [0, 0.05) is 37.5 Å². The number of fused-ring (bicyclic) bond motifs is 1. The molecule has 0 aliphatic rings. The van der Waals surface area contributed by atoms with Crippen molar-refractivity contribution in [3.8, 4) is 5.75 Å². The van der Waals surface area contributed by atoms with Gasteiger partial charge < -0.3 is 19.8 Å². The average molecular weight is 304 g/mol. The molecule has 0 aliphatic heterocycles. The highest BCUT2D eigenvalue weighted by molar-refractivity contribution is 5.79. The summed E-state index contributed by atoms with van der Waals surface area (Å²) in [7, 11) is 0. The second-order valence-corrected chi connectivity index (χ2v) is 4.58. The molecule has 0 radical (unpaired) electrons. The summed E-state index contributed by atoms with van der Waals surface area (Å²) in [5.41, 5.74) is -0.0450. The van der Waals surface area contributed by atoms with E-state index >= 15 is 0 Å². The Hall–Kier alpha value is -2.83. The summed E-state index contributed by atoms with van der Waals surface area (Å²) in [5.74, 6) is -0.0259. The molecular weight excluding hydrogens is 288 g/mol. The molecule has 7 heteroatoms. The minimum atomic E-state index is -0.444. The van der Waals surface area contributed by atoms with Gasteiger partial charge in [-0.05, 0) is 18.2 Å². The number of hydrogen-bond donors (Lipinski definition) is 2. The third-order valence-electron chi connectivity index (χ3n) is 2.79. The lowest BCUT2D eigenvalue weighted by Gasteiger charge is -2.08. The van der Waals surface area contributed by atoms with Gasteiger partial charge in [0.2, 0.25) is 5.91 Å². The first-order valence-electron chi connectivity index (χ1n) is 6.72. The summed E-state index contributed by atoms with van der Waals surface area (Å²) in [4.78, 5) is 33.4. The Labute approximate surface area is 126 Å². The minimum Gasteiger partial charge on any atom is -0.484 e. The lowest BCUT2D eigenvalue weighted by Crippen LogP contribution is -2.36. The molecule has 1 aromatic heterocycles. The fourth-order valence-corrected chi connectivity index (χ4v) is 1.77. The third kappa shape index (κ3) is 4.62. The van der Waals surface area contributed by atoms with Gasteiger partial charge in [-0.25, -0.2) is 4.79 Å². The van der Waals surface area contributed by atoms with E-state index in [0.29, 0.717) is 24.4 Å². The molecular formula is C15H16N2O5. The lowest BCUT2D eigenvalue weighted by atomic mass is 10.2. The van der Waals surface area contributed by atoms with Gasteiger partial charge in [-0.3, -0.25) is 9.59 Å². The smallest absolute Gasteiger partial charge is 0.336 e. The summed E-state index contributed by atoms with van der Waals surface area (Å²) < 4.78 is 10.4. The van der Waals surface area contributed by atoms with Crippen LogP contribution in [0, 0.1) is 0 Å². The zero-order valence-electron chi connectivity index (χ0n) is 12.0. The Morgan fingerprint density at radius 1 is 1.14 bits per heavy atom. The molecule has 0 saturated carbocycles. The lowest BCUT2D eigenvalue weighted by molar-refractivity contribution is -0.123. The largest absolute Gasteiger partial charge is 0.484 e. The van der Waals surface area contributed by atoms with Crippen LogP contribution in [0.4, 0.5) is 0 Å². The maximum absolute atomic E-state index is 11.6. The highest BCUT2D eigenvalue weighted by Gasteiger charge is 2.04. The molecule has 0 bridgehead atoms. The molecule has 2 N–H and O–H groups in total. The van der Waals surface area contributed by atoms with Crippen molar-refractivity contribution in [3.05, 3.63) is 40.8 Å². The van der Waals surface area contributed by atoms with Crippen LogP contribution >= 0.6 is 0 Å². The Morgan fingerprint density at radius 2 is 1.86 bits per heavy atom. The van der Waals surface area contributed by atoms with Crippen molar-refractivity contribution >= 4 is 22.8 Å². The predicted molar refractivity (Wildman–Crippen MR) is 79.7 cm³/mol. The number of carbonyl (C=O) groups excluding carboxylic acids is 2. The first-order valence-corrected chi connectivity index (χ1v) is 6.72. The van der Waals surface area contributed by atoms with Gasteiger partial charge in [0.15, 0.2) is 6.61 Å². The van der Waals surface area contributed by atoms with Crippen LogP contribution in [-0.2, 0) is 9.59 Å². The van der Waals surface area contributed by atoms with Crippen molar-refractivity contribution in [2.24, 2.45) is 0 Å². The third-order valence-corrected chi connectivity index (χ3v) is 2.79. The number of hydrogen-bond acceptors (Lipinski definition) is 5. The van der Waals surface area contributed by atoms with Crippen LogP contribution in [0.15, 0.2) is 39.5 Å². The summed E-state index contributed by atoms with van der Waals surface area (Å²) in [6, 6.07) is 7.97. The van der Waals surface area contributed by atoms with Crippen LogP contribution in [-0.4, -0.2) is 31.5 Å². The molecule has 0 atom stereocenters. The molecule has 2 amide bonds. The minimum absolute atomic E-state index is 0.150. The molecule has 0 unspecified atom stereocenters. The topological polar surface area (TPSA) is 97.6 Å². The van der Waals surface area contributed by atoms with Crippen molar-refractivity contribution in [3.63, 3.8) is 0 Å². The highest BCUT2D eigenvalue weighted by atomic mass is 16.5. The van der Waals surface area contributed by atoms with Crippen molar-refractivity contribution in [1.82, 2.24) is 10.6 Å². The van der Waals surface area contributed by atoms with Gasteiger partial charge in [0.1, 0.15) is 11.3 Å². The zero-order chi connectivity index (χ0) is 15.9. The Kier molecular flexibility index (Phi) is 5.13. The van der Waals surface area contributed by atoms with Crippen molar-refractivity contribution in [2.75, 3.05) is 19.7 Å². The molecule has 22 heavy (non-hydrogen) atoms. The zero-order valence-corrected chi connectivity index (χ0v) is 12.0. The van der Waals surface area contributed by atoms with Gasteiger partial charge in [-0.1, -0.05) is 0 Å². The van der Waals surface area contributed by atoms with E-state index in [1.807, 2.05) is 0 Å². The van der Waals surface area contributed by atoms with Crippen LogP contribution in [0.3, 0.4) is 0 Å². The van der Waals surface area contributed by atoms with Crippen LogP contribution in [0.25, 0.3) is 11.0 Å². The van der Waals surface area contributed by atoms with E-state index in [-0.39, 0.29) is 18.4 Å². The fraction of sp³-hybridized carbons (Fsp3) is 0.267. The van der Waals surface area contributed by atoms with Crippen LogP contribution < -0.4 is 21.0 Å². The molecule has 116 valence electrons. The number of ether oxygens (including phenoxy) is 1. The number of rotatable bonds is 6. The standard InChI is InChI=1S/C15H16N2O5/c1-10(18)16-6-7-17-14(19)9-21-12-4-2-11-3-5-15(20)22-13(11)8-12/h2-5,8H,6-7,9H2,1H3,(H,16,18)(H,17,19). The number of amides is 2. The monoisotopic (exact) mass is 304 g/mol. The number of benzene rings is 1. The predicted octanol–water partition coefficient (Wildman–Crippen LogP) is 0.424. The molecule has 1 heterocycles. The molecule has 2 aromatic rings. The summed E-state index contributed by atoms with van der Waals surface area (Å²) in [5, 5.41) is 5.94. The fourth-order valence-electron chi connectivity index (χ4n) is 1.77. The quantitative estimate of drug-likeness (QED) is 0.595. The van der Waals surface area contributed by atoms with Crippen molar-refractivity contribution in [1.29, 1.82) is 0 Å². The van der Waals surface area contributed by atoms with Gasteiger partial charge in [0.25, 0.3) is 5.91 Å². The number of nitrogens with one attached hydrogen (secondary N) is 2. The normalized spacial score (nSPS) is 10.2. The summed E-state index contributed by atoms with van der Waals surface area (Å²) >= 11 is 0. The van der Waals surface area contributed by atoms with E-state index in [4.69, 9.17) is 9.15 Å². The second-order valence-electron chi connectivity index (χ2n) is 4.58.